The van der Waals surface area contributed by atoms with Gasteiger partial charge in [0, 0.05) is 6.07 Å². The molecular weight excluding hydrogens is 493 g/mol. The molecule has 186 valence electrons. The smallest absolute Gasteiger partial charge is 0.420 e. The molecule has 0 unspecified atom stereocenters. The molecule has 8 nitrogen and oxygen atoms in total. The van der Waals surface area contributed by atoms with Crippen LogP contribution in [0.25, 0.3) is 0 Å². The Kier molecular flexibility index (Phi) is 7.15. The number of carboxylic acid groups (broad SMARTS) is 1. The normalized spacial score (nSPS) is 11.7. The number of aryl methyl sites for hydroxylation is 1. The molecule has 0 atom stereocenters. The number of benzene rings is 3. The fourth-order valence-electron chi connectivity index (χ4n) is 3.09. The molecule has 12 heteroatoms. The fraction of sp³-hybridized carbons (Fsp3) is 0.174. The van der Waals surface area contributed by atoms with Gasteiger partial charge in [-0.3, -0.25) is 0 Å². The summed E-state index contributed by atoms with van der Waals surface area (Å²) in [6, 6.07) is 10.0. The quantitative estimate of drug-likeness (QED) is 0.441. The molecule has 0 aromatic heterocycles. The number of rotatable bonds is 8. The first-order valence-corrected chi connectivity index (χ1v) is 11.3. The molecule has 3 rings (SSSR count). The van der Waals surface area contributed by atoms with Crippen molar-refractivity contribution in [2.75, 3.05) is 13.7 Å². The number of methoxy groups -OCH3 is 1. The van der Waals surface area contributed by atoms with Gasteiger partial charge in [-0.05, 0) is 61.0 Å². The van der Waals surface area contributed by atoms with Crippen LogP contribution in [-0.2, 0) is 20.8 Å². The monoisotopic (exact) mass is 512 g/mol. The van der Waals surface area contributed by atoms with Crippen molar-refractivity contribution in [3.8, 4) is 28.7 Å². The van der Waals surface area contributed by atoms with Crippen LogP contribution in [0, 0.1) is 6.92 Å². The molecule has 0 spiro atoms. The van der Waals surface area contributed by atoms with E-state index in [1.54, 1.807) is 0 Å². The molecular formula is C23H19F3O8S. The van der Waals surface area contributed by atoms with Gasteiger partial charge in [-0.25, -0.2) is 13.2 Å². The lowest BCUT2D eigenvalue weighted by atomic mass is 10.1. The van der Waals surface area contributed by atoms with Crippen LogP contribution < -0.4 is 14.2 Å². The number of alkyl halides is 3. The van der Waals surface area contributed by atoms with Crippen molar-refractivity contribution >= 4 is 15.8 Å². The predicted molar refractivity (Wildman–Crippen MR) is 116 cm³/mol. The van der Waals surface area contributed by atoms with Crippen molar-refractivity contribution in [3.63, 3.8) is 0 Å². The van der Waals surface area contributed by atoms with Crippen LogP contribution in [0.1, 0.15) is 11.1 Å². The van der Waals surface area contributed by atoms with Crippen molar-refractivity contribution in [2.24, 2.45) is 0 Å². The molecule has 0 saturated heterocycles. The fourth-order valence-corrected chi connectivity index (χ4v) is 4.45. The van der Waals surface area contributed by atoms with Crippen molar-refractivity contribution in [3.05, 3.63) is 65.7 Å². The van der Waals surface area contributed by atoms with E-state index in [1.807, 2.05) is 0 Å². The topological polar surface area (TPSA) is 119 Å². The summed E-state index contributed by atoms with van der Waals surface area (Å²) < 4.78 is 82.5. The third kappa shape index (κ3) is 5.77. The number of hydrogen-bond donors (Lipinski definition) is 2. The summed E-state index contributed by atoms with van der Waals surface area (Å²) in [5, 5.41) is 18.9. The van der Waals surface area contributed by atoms with Crippen LogP contribution in [0.5, 0.6) is 28.7 Å². The van der Waals surface area contributed by atoms with E-state index >= 15 is 0 Å². The highest BCUT2D eigenvalue weighted by atomic mass is 32.2. The first-order chi connectivity index (χ1) is 16.3. The molecule has 0 bridgehead atoms. The minimum atomic E-state index is -4.91. The summed E-state index contributed by atoms with van der Waals surface area (Å²) in [6.07, 6.45) is -4.91. The number of carboxylic acids is 1. The third-order valence-corrected chi connectivity index (χ3v) is 6.53. The third-order valence-electron chi connectivity index (χ3n) is 4.73. The summed E-state index contributed by atoms with van der Waals surface area (Å²) in [6.45, 7) is 0.440. The molecule has 0 aliphatic carbocycles. The maximum Gasteiger partial charge on any atom is 0.420 e. The number of sulfone groups is 1. The van der Waals surface area contributed by atoms with Gasteiger partial charge in [0.1, 0.15) is 39.2 Å². The van der Waals surface area contributed by atoms with Crippen molar-refractivity contribution < 1.29 is 50.8 Å². The lowest BCUT2D eigenvalue weighted by Gasteiger charge is -2.18. The Balaban J connectivity index is 2.03. The lowest BCUT2D eigenvalue weighted by molar-refractivity contribution is -0.139. The van der Waals surface area contributed by atoms with E-state index < -0.39 is 50.5 Å². The van der Waals surface area contributed by atoms with Gasteiger partial charge in [0.15, 0.2) is 6.61 Å². The summed E-state index contributed by atoms with van der Waals surface area (Å²) in [5.41, 5.74) is -1.31. The molecule has 35 heavy (non-hydrogen) atoms. The van der Waals surface area contributed by atoms with E-state index in [0.717, 1.165) is 24.3 Å². The summed E-state index contributed by atoms with van der Waals surface area (Å²) in [4.78, 5) is 9.92. The average Bonchev–Trinajstić information content (AvgIpc) is 2.79. The number of aliphatic carboxylic acids is 1. The maximum atomic E-state index is 13.7. The second-order valence-corrected chi connectivity index (χ2v) is 9.13. The van der Waals surface area contributed by atoms with Crippen molar-refractivity contribution in [2.45, 2.75) is 22.9 Å². The Morgan fingerprint density at radius 1 is 0.971 bits per heavy atom. The zero-order chi connectivity index (χ0) is 26.0. The van der Waals surface area contributed by atoms with E-state index in [-0.39, 0.29) is 22.0 Å². The molecule has 0 heterocycles. The van der Waals surface area contributed by atoms with E-state index in [1.165, 1.54) is 38.3 Å². The molecule has 3 aromatic carbocycles. The second kappa shape index (κ2) is 9.74. The van der Waals surface area contributed by atoms with Gasteiger partial charge in [-0.15, -0.1) is 0 Å². The number of halogens is 3. The lowest BCUT2D eigenvalue weighted by Crippen LogP contribution is -2.12. The minimum absolute atomic E-state index is 0.0483. The largest absolute Gasteiger partial charge is 0.507 e. The highest BCUT2D eigenvalue weighted by Gasteiger charge is 2.36. The van der Waals surface area contributed by atoms with Gasteiger partial charge in [-0.1, -0.05) is 0 Å². The highest BCUT2D eigenvalue weighted by molar-refractivity contribution is 7.91. The van der Waals surface area contributed by atoms with Gasteiger partial charge < -0.3 is 24.4 Å². The van der Waals surface area contributed by atoms with Crippen LogP contribution in [0.2, 0.25) is 0 Å². The number of phenolic OH excluding ortho intramolecular Hbond substituents is 1. The number of phenols is 1. The molecule has 0 amide bonds. The van der Waals surface area contributed by atoms with Crippen LogP contribution in [0.4, 0.5) is 13.2 Å². The summed E-state index contributed by atoms with van der Waals surface area (Å²) in [5.74, 6) is -2.86. The van der Waals surface area contributed by atoms with Gasteiger partial charge >= 0.3 is 12.1 Å². The zero-order valence-corrected chi connectivity index (χ0v) is 19.1. The van der Waals surface area contributed by atoms with Crippen LogP contribution in [0.3, 0.4) is 0 Å². The van der Waals surface area contributed by atoms with E-state index in [9.17, 15) is 31.5 Å². The van der Waals surface area contributed by atoms with Crippen LogP contribution >= 0.6 is 0 Å². The van der Waals surface area contributed by atoms with E-state index in [2.05, 4.69) is 0 Å². The Morgan fingerprint density at radius 3 is 2.17 bits per heavy atom. The minimum Gasteiger partial charge on any atom is -0.507 e. The highest BCUT2D eigenvalue weighted by Crippen LogP contribution is 2.43. The maximum absolute atomic E-state index is 13.7. The average molecular weight is 512 g/mol. The van der Waals surface area contributed by atoms with Crippen molar-refractivity contribution in [1.82, 2.24) is 0 Å². The number of ether oxygens (including phenoxy) is 3. The van der Waals surface area contributed by atoms with Gasteiger partial charge in [0.2, 0.25) is 9.84 Å². The number of aromatic hydroxyl groups is 1. The molecule has 2 N–H and O–H groups in total. The molecule has 0 aliphatic rings. The Morgan fingerprint density at radius 2 is 1.60 bits per heavy atom. The molecule has 3 aromatic rings. The number of hydrogen-bond acceptors (Lipinski definition) is 7. The summed E-state index contributed by atoms with van der Waals surface area (Å²) in [7, 11) is -2.86. The predicted octanol–water partition coefficient (Wildman–Crippen LogP) is 4.82. The Hall–Kier alpha value is -3.93. The van der Waals surface area contributed by atoms with Gasteiger partial charge in [0.05, 0.1) is 12.0 Å². The van der Waals surface area contributed by atoms with Crippen LogP contribution in [0.15, 0.2) is 64.4 Å². The molecule has 0 fully saturated rings. The second-order valence-electron chi connectivity index (χ2n) is 7.21. The standard InChI is InChI=1S/C23H19F3O8S/c1-13-9-16(33-12-21(28)29)10-18(23(24,25)26)22(13)34-15-5-8-19(27)20(11-15)35(30,31)17-6-3-14(32-2)4-7-17/h3-11,27H,12H2,1-2H3,(H,28,29). The first-order valence-electron chi connectivity index (χ1n) is 9.79. The summed E-state index contributed by atoms with van der Waals surface area (Å²) >= 11 is 0. The van der Waals surface area contributed by atoms with Gasteiger partial charge in [-0.2, -0.15) is 13.2 Å². The van der Waals surface area contributed by atoms with E-state index in [4.69, 9.17) is 19.3 Å². The van der Waals surface area contributed by atoms with Crippen molar-refractivity contribution in [1.29, 1.82) is 0 Å². The van der Waals surface area contributed by atoms with Crippen LogP contribution in [-0.4, -0.2) is 38.3 Å². The molecule has 0 saturated carbocycles. The molecule has 0 radical (unpaired) electrons. The zero-order valence-electron chi connectivity index (χ0n) is 18.3. The molecule has 0 aliphatic heterocycles. The van der Waals surface area contributed by atoms with Gasteiger partial charge in [0.25, 0.3) is 0 Å². The first kappa shape index (κ1) is 25.7. The van der Waals surface area contributed by atoms with E-state index in [0.29, 0.717) is 11.8 Å². The Labute approximate surface area is 198 Å². The number of carbonyl (C=O) groups is 1. The SMILES string of the molecule is COc1ccc(S(=O)(=O)c2cc(Oc3c(C)cc(OCC(=O)O)cc3C(F)(F)F)ccc2O)cc1. The Bertz CT molecular complexity index is 1350.